The fourth-order valence-electron chi connectivity index (χ4n) is 4.90. The van der Waals surface area contributed by atoms with Crippen LogP contribution in [0.4, 0.5) is 13.6 Å². The normalized spacial score (nSPS) is 17.6. The molecule has 3 aromatic rings. The number of hydrogen-bond donors (Lipinski definition) is 1. The number of ether oxygens (including phenoxy) is 1. The second-order valence-corrected chi connectivity index (χ2v) is 11.7. The molecule has 0 aromatic heterocycles. The third kappa shape index (κ3) is 5.40. The van der Waals surface area contributed by atoms with E-state index in [1.54, 1.807) is 0 Å². The van der Waals surface area contributed by atoms with Crippen molar-refractivity contribution in [3.8, 4) is 11.1 Å². The smallest absolute Gasteiger partial charge is 0.449 e. The Kier molecular flexibility index (Phi) is 7.44. The van der Waals surface area contributed by atoms with E-state index in [4.69, 9.17) is 14.0 Å². The molecule has 5 nitrogen and oxygen atoms in total. The van der Waals surface area contributed by atoms with Gasteiger partial charge in [0.05, 0.1) is 11.2 Å². The molecule has 0 spiro atoms. The Hall–Kier alpha value is -3.01. The summed E-state index contributed by atoms with van der Waals surface area (Å²) in [4.78, 5) is 12.8. The van der Waals surface area contributed by atoms with Crippen LogP contribution < -0.4 is 5.32 Å². The van der Waals surface area contributed by atoms with Gasteiger partial charge in [0.25, 0.3) is 0 Å². The van der Waals surface area contributed by atoms with Gasteiger partial charge < -0.3 is 19.4 Å². The summed E-state index contributed by atoms with van der Waals surface area (Å²) in [6.45, 7) is 7.57. The van der Waals surface area contributed by atoms with E-state index in [0.29, 0.717) is 5.47 Å². The molecule has 39 heavy (non-hydrogen) atoms. The number of fused-ring (bicyclic) bond motifs is 3. The van der Waals surface area contributed by atoms with Gasteiger partial charge in [-0.25, -0.2) is 13.6 Å². The minimum atomic E-state index is -0.925. The molecule has 0 radical (unpaired) electrons. The minimum absolute atomic E-state index is 0.0905. The fraction of sp³-hybridized carbons (Fsp3) is 0.300. The minimum Gasteiger partial charge on any atom is -0.449 e. The zero-order valence-electron chi connectivity index (χ0n) is 22.2. The lowest BCUT2D eigenvalue weighted by atomic mass is 9.77. The molecule has 1 aliphatic heterocycles. The highest BCUT2D eigenvalue weighted by atomic mass is 79.9. The monoisotopic (exact) mass is 595 g/mol. The van der Waals surface area contributed by atoms with Crippen molar-refractivity contribution in [2.24, 2.45) is 0 Å². The van der Waals surface area contributed by atoms with Gasteiger partial charge in [0.15, 0.2) is 0 Å². The second kappa shape index (κ2) is 10.5. The molecule has 9 heteroatoms. The molecule has 0 atom stereocenters. The summed E-state index contributed by atoms with van der Waals surface area (Å²) in [6.07, 6.45) is 0.666. The molecule has 1 heterocycles. The maximum Gasteiger partial charge on any atom is 0.492 e. The Bertz CT molecular complexity index is 1370. The van der Waals surface area contributed by atoms with Crippen LogP contribution in [0, 0.1) is 11.6 Å². The van der Waals surface area contributed by atoms with Crippen LogP contribution in [0.15, 0.2) is 70.6 Å². The molecule has 5 rings (SSSR count). The summed E-state index contributed by atoms with van der Waals surface area (Å²) in [6, 6.07) is 18.5. The number of amides is 1. The predicted molar refractivity (Wildman–Crippen MR) is 151 cm³/mol. The average Bonchev–Trinajstić information content (AvgIpc) is 3.31. The maximum atomic E-state index is 14.7. The van der Waals surface area contributed by atoms with E-state index < -0.39 is 36.0 Å². The summed E-state index contributed by atoms with van der Waals surface area (Å²) in [7, 11) is -0.925. The van der Waals surface area contributed by atoms with Crippen molar-refractivity contribution in [2.75, 3.05) is 13.2 Å². The van der Waals surface area contributed by atoms with E-state index in [9.17, 15) is 13.6 Å². The van der Waals surface area contributed by atoms with Crippen LogP contribution in [0.2, 0.25) is 0 Å². The number of alkyl carbamates (subject to hydrolysis) is 1. The summed E-state index contributed by atoms with van der Waals surface area (Å²) < 4.78 is 47.5. The lowest BCUT2D eigenvalue weighted by molar-refractivity contribution is 0.00578. The first kappa shape index (κ1) is 27.6. The summed E-state index contributed by atoms with van der Waals surface area (Å²) >= 11 is 3.10. The first-order valence-electron chi connectivity index (χ1n) is 12.8. The highest BCUT2D eigenvalue weighted by Gasteiger charge is 2.52. The van der Waals surface area contributed by atoms with Crippen molar-refractivity contribution < 1.29 is 27.6 Å². The van der Waals surface area contributed by atoms with Crippen molar-refractivity contribution in [3.05, 3.63) is 98.9 Å². The van der Waals surface area contributed by atoms with Crippen molar-refractivity contribution >= 4 is 35.2 Å². The summed E-state index contributed by atoms with van der Waals surface area (Å²) in [5.74, 6) is -1.60. The maximum absolute atomic E-state index is 14.7. The van der Waals surface area contributed by atoms with Crippen LogP contribution >= 0.6 is 15.9 Å². The Morgan fingerprint density at radius 3 is 2.03 bits per heavy atom. The van der Waals surface area contributed by atoms with Crippen LogP contribution in [0.3, 0.4) is 0 Å². The first-order chi connectivity index (χ1) is 18.5. The van der Waals surface area contributed by atoms with Crippen molar-refractivity contribution in [2.45, 2.75) is 44.8 Å². The van der Waals surface area contributed by atoms with E-state index in [1.165, 1.54) is 18.2 Å². The van der Waals surface area contributed by atoms with Crippen molar-refractivity contribution in [1.29, 1.82) is 0 Å². The number of nitrogens with one attached hydrogen (secondary N) is 1. The Labute approximate surface area is 235 Å². The molecule has 0 saturated carbocycles. The van der Waals surface area contributed by atoms with Gasteiger partial charge in [0.1, 0.15) is 18.2 Å². The van der Waals surface area contributed by atoms with Gasteiger partial charge in [0, 0.05) is 22.5 Å². The van der Waals surface area contributed by atoms with Crippen molar-refractivity contribution in [1.82, 2.24) is 5.32 Å². The molecule has 1 fully saturated rings. The van der Waals surface area contributed by atoms with Crippen LogP contribution in [0.25, 0.3) is 17.2 Å². The van der Waals surface area contributed by atoms with Gasteiger partial charge in [-0.3, -0.25) is 0 Å². The highest BCUT2D eigenvalue weighted by molar-refractivity contribution is 9.10. The molecule has 1 aliphatic carbocycles. The second-order valence-electron chi connectivity index (χ2n) is 10.8. The summed E-state index contributed by atoms with van der Waals surface area (Å²) in [5, 5.41) is 2.71. The Morgan fingerprint density at radius 2 is 1.49 bits per heavy atom. The quantitative estimate of drug-likeness (QED) is 0.304. The third-order valence-corrected chi connectivity index (χ3v) is 8.17. The van der Waals surface area contributed by atoms with E-state index in [2.05, 4.69) is 33.4 Å². The number of rotatable bonds is 6. The standard InChI is InChI=1S/C30H29BBrF2NO4/c1-29(2)30(3,4)39-31(38-29)18(13-24-26(33)14-19(32)15-27(24)34)16-35-28(36)37-17-25-22-11-7-5-9-20(22)21-10-6-8-12-23(21)25/h5-15,25H,16-17H2,1-4H3,(H,35,36). The lowest BCUT2D eigenvalue weighted by Crippen LogP contribution is -2.41. The van der Waals surface area contributed by atoms with E-state index in [0.717, 1.165) is 22.3 Å². The van der Waals surface area contributed by atoms with Gasteiger partial charge in [-0.05, 0) is 67.6 Å². The summed E-state index contributed by atoms with van der Waals surface area (Å²) in [5.41, 5.74) is 3.20. The third-order valence-electron chi connectivity index (χ3n) is 7.71. The Morgan fingerprint density at radius 1 is 0.974 bits per heavy atom. The molecule has 202 valence electrons. The first-order valence-corrected chi connectivity index (χ1v) is 13.6. The fourth-order valence-corrected chi connectivity index (χ4v) is 5.30. The number of carbonyl (C=O) groups is 1. The number of benzene rings is 3. The molecule has 1 N–H and O–H groups in total. The van der Waals surface area contributed by atoms with Crippen LogP contribution in [-0.4, -0.2) is 37.6 Å². The molecule has 1 amide bonds. The Balaban J connectivity index is 1.33. The molecule has 0 unspecified atom stereocenters. The van der Waals surface area contributed by atoms with E-state index in [1.807, 2.05) is 64.1 Å². The number of halogens is 3. The molecule has 2 aliphatic rings. The molecular weight excluding hydrogens is 567 g/mol. The highest BCUT2D eigenvalue weighted by Crippen LogP contribution is 2.44. The van der Waals surface area contributed by atoms with Gasteiger partial charge in [-0.2, -0.15) is 0 Å². The van der Waals surface area contributed by atoms with Gasteiger partial charge in [-0.15, -0.1) is 0 Å². The molecule has 3 aromatic carbocycles. The zero-order valence-corrected chi connectivity index (χ0v) is 23.8. The van der Waals surface area contributed by atoms with Crippen LogP contribution in [0.1, 0.15) is 50.3 Å². The van der Waals surface area contributed by atoms with Crippen LogP contribution in [0.5, 0.6) is 0 Å². The largest absolute Gasteiger partial charge is 0.492 e. The zero-order chi connectivity index (χ0) is 27.9. The number of hydrogen-bond acceptors (Lipinski definition) is 4. The molecular formula is C30H29BBrF2NO4. The SMILES string of the molecule is CC1(C)OB(C(=Cc2c(F)cc(Br)cc2F)CNC(=O)OCC2c3ccccc3-c3ccccc32)OC1(C)C. The average molecular weight is 596 g/mol. The molecule has 1 saturated heterocycles. The van der Waals surface area contributed by atoms with Crippen LogP contribution in [-0.2, 0) is 14.0 Å². The van der Waals surface area contributed by atoms with Gasteiger partial charge in [-0.1, -0.05) is 70.5 Å². The van der Waals surface area contributed by atoms with E-state index >= 15 is 0 Å². The predicted octanol–water partition coefficient (Wildman–Crippen LogP) is 7.28. The van der Waals surface area contributed by atoms with Gasteiger partial charge >= 0.3 is 13.2 Å². The number of carbonyl (C=O) groups excluding carboxylic acids is 1. The lowest BCUT2D eigenvalue weighted by Gasteiger charge is -2.32. The molecule has 0 bridgehead atoms. The van der Waals surface area contributed by atoms with E-state index in [-0.39, 0.29) is 29.1 Å². The van der Waals surface area contributed by atoms with Gasteiger partial charge in [0.2, 0.25) is 0 Å². The van der Waals surface area contributed by atoms with Crippen molar-refractivity contribution in [3.63, 3.8) is 0 Å². The topological polar surface area (TPSA) is 56.8 Å².